The number of carbonyl (C=O) groups is 1. The minimum Gasteiger partial charge on any atom is -0.396 e. The molecule has 3 atom stereocenters. The number of imidazole rings is 1. The lowest BCUT2D eigenvalue weighted by atomic mass is 10.1. The second kappa shape index (κ2) is 11.6. The number of likely N-dealkylation sites (N-methyl/N-ethyl adjacent to an activating group) is 1. The monoisotopic (exact) mass is 650 g/mol. The molecule has 2 N–H and O–H groups in total. The van der Waals surface area contributed by atoms with E-state index < -0.39 is 17.7 Å². The Hall–Kier alpha value is -5.50. The van der Waals surface area contributed by atoms with Crippen LogP contribution in [-0.2, 0) is 11.3 Å². The largest absolute Gasteiger partial charge is 0.396 e. The summed E-state index contributed by atoms with van der Waals surface area (Å²) in [5, 5.41) is 19.0. The van der Waals surface area contributed by atoms with Crippen molar-refractivity contribution in [2.45, 2.75) is 32.0 Å². The molecule has 0 aliphatic carbocycles. The molecular weight excluding hydrogens is 618 g/mol. The maximum Gasteiger partial charge on any atom is 0.245 e. The quantitative estimate of drug-likeness (QED) is 0.293. The number of benzene rings is 2. The number of nitrogens with zero attached hydrogens (tertiary/aromatic N) is 9. The first-order valence-corrected chi connectivity index (χ1v) is 15.8. The number of amides is 1. The third kappa shape index (κ3) is 4.99. The second-order valence-corrected chi connectivity index (χ2v) is 12.5. The number of pyridine rings is 1. The van der Waals surface area contributed by atoms with Gasteiger partial charge in [-0.25, -0.2) is 33.4 Å². The normalized spacial score (nSPS) is 19.9. The lowest BCUT2D eigenvalue weighted by molar-refractivity contribution is -0.131. The molecule has 0 radical (unpaired) electrons. The van der Waals surface area contributed by atoms with Crippen LogP contribution in [0, 0.1) is 24.5 Å². The Morgan fingerprint density at radius 1 is 1.02 bits per heavy atom. The van der Waals surface area contributed by atoms with Gasteiger partial charge < -0.3 is 24.8 Å². The number of nitrogens with one attached hydrogen (secondary N) is 1. The summed E-state index contributed by atoms with van der Waals surface area (Å²) >= 11 is 0. The van der Waals surface area contributed by atoms with E-state index in [4.69, 9.17) is 9.97 Å². The number of hydrogen-bond donors (Lipinski definition) is 2. The molecular formula is C34H32F2N10O2. The molecule has 0 saturated carbocycles. The second-order valence-electron chi connectivity index (χ2n) is 12.5. The predicted molar refractivity (Wildman–Crippen MR) is 176 cm³/mol. The number of anilines is 2. The fraction of sp³-hybridized carbons (Fsp3) is 0.294. The van der Waals surface area contributed by atoms with Crippen LogP contribution in [0.25, 0.3) is 39.0 Å². The number of rotatable bonds is 3. The minimum atomic E-state index is -0.782. The molecule has 2 aliphatic heterocycles. The molecule has 2 aliphatic rings. The number of para-hydroxylation sites is 1. The Morgan fingerprint density at radius 2 is 1.88 bits per heavy atom. The molecule has 12 nitrogen and oxygen atoms in total. The van der Waals surface area contributed by atoms with E-state index in [1.165, 1.54) is 23.3 Å². The van der Waals surface area contributed by atoms with E-state index in [9.17, 15) is 18.7 Å². The van der Waals surface area contributed by atoms with Gasteiger partial charge >= 0.3 is 0 Å². The summed E-state index contributed by atoms with van der Waals surface area (Å²) in [5.41, 5.74) is 3.84. The highest BCUT2D eigenvalue weighted by Gasteiger charge is 2.40. The fourth-order valence-corrected chi connectivity index (χ4v) is 7.07. The van der Waals surface area contributed by atoms with E-state index >= 15 is 0 Å². The van der Waals surface area contributed by atoms with Crippen molar-refractivity contribution < 1.29 is 18.7 Å². The third-order valence-corrected chi connectivity index (χ3v) is 9.28. The van der Waals surface area contributed by atoms with Gasteiger partial charge in [0.05, 0.1) is 28.3 Å². The zero-order chi connectivity index (χ0) is 33.1. The van der Waals surface area contributed by atoms with Gasteiger partial charge in [0.15, 0.2) is 11.5 Å². The van der Waals surface area contributed by atoms with Crippen LogP contribution >= 0.6 is 0 Å². The first-order chi connectivity index (χ1) is 23.3. The van der Waals surface area contributed by atoms with Crippen LogP contribution in [0.2, 0.25) is 0 Å². The molecule has 8 rings (SSSR count). The molecule has 1 amide bonds. The van der Waals surface area contributed by atoms with E-state index in [2.05, 4.69) is 25.0 Å². The van der Waals surface area contributed by atoms with E-state index in [0.29, 0.717) is 48.7 Å². The highest BCUT2D eigenvalue weighted by Crippen LogP contribution is 2.34. The van der Waals surface area contributed by atoms with Gasteiger partial charge in [-0.3, -0.25) is 4.79 Å². The van der Waals surface area contributed by atoms with Gasteiger partial charge in [-0.05, 0) is 43.7 Å². The Bertz CT molecular complexity index is 2200. The van der Waals surface area contributed by atoms with Crippen molar-refractivity contribution >= 4 is 39.6 Å². The number of aryl methyl sites for hydroxylation is 1. The molecule has 244 valence electrons. The van der Waals surface area contributed by atoms with Crippen LogP contribution in [-0.4, -0.2) is 89.0 Å². The maximum atomic E-state index is 14.8. The summed E-state index contributed by atoms with van der Waals surface area (Å²) in [7, 11) is 1.75. The summed E-state index contributed by atoms with van der Waals surface area (Å²) in [6.45, 7) is 2.98. The molecule has 1 unspecified atom stereocenters. The molecule has 2 aromatic carbocycles. The molecule has 48 heavy (non-hydrogen) atoms. The molecule has 1 saturated heterocycles. The van der Waals surface area contributed by atoms with Crippen LogP contribution in [0.1, 0.15) is 12.2 Å². The number of hydrogen-bond acceptors (Lipinski definition) is 9. The summed E-state index contributed by atoms with van der Waals surface area (Å²) < 4.78 is 31.9. The van der Waals surface area contributed by atoms with E-state index in [-0.39, 0.29) is 30.2 Å². The molecule has 6 heterocycles. The molecule has 4 bridgehead atoms. The Kier molecular flexibility index (Phi) is 7.24. The first kappa shape index (κ1) is 29.9. The third-order valence-electron chi connectivity index (χ3n) is 9.28. The van der Waals surface area contributed by atoms with E-state index in [1.807, 2.05) is 48.2 Å². The molecule has 1 fully saturated rings. The van der Waals surface area contributed by atoms with Crippen molar-refractivity contribution in [1.82, 2.24) is 39.2 Å². The van der Waals surface area contributed by atoms with Gasteiger partial charge in [0.2, 0.25) is 5.91 Å². The van der Waals surface area contributed by atoms with Crippen molar-refractivity contribution in [3.05, 3.63) is 84.6 Å². The zero-order valence-corrected chi connectivity index (χ0v) is 26.3. The van der Waals surface area contributed by atoms with Crippen LogP contribution in [0.15, 0.2) is 67.1 Å². The summed E-state index contributed by atoms with van der Waals surface area (Å²) in [5.74, 6) is 0.0532. The number of aliphatic hydroxyl groups excluding tert-OH is 1. The molecule has 0 spiro atoms. The van der Waals surface area contributed by atoms with Crippen molar-refractivity contribution in [1.29, 1.82) is 0 Å². The van der Waals surface area contributed by atoms with Gasteiger partial charge in [0.25, 0.3) is 0 Å². The number of aliphatic hydroxyl groups is 1. The average molecular weight is 651 g/mol. The Labute approximate surface area is 273 Å². The Morgan fingerprint density at radius 3 is 2.71 bits per heavy atom. The Balaban J connectivity index is 1.22. The zero-order valence-electron chi connectivity index (χ0n) is 26.3. The molecule has 6 aromatic rings. The number of aromatic nitrogens is 7. The summed E-state index contributed by atoms with van der Waals surface area (Å²) in [4.78, 5) is 36.6. The van der Waals surface area contributed by atoms with Crippen molar-refractivity contribution in [3.63, 3.8) is 0 Å². The maximum absolute atomic E-state index is 14.8. The van der Waals surface area contributed by atoms with Crippen LogP contribution in [0.5, 0.6) is 0 Å². The van der Waals surface area contributed by atoms with Crippen molar-refractivity contribution in [2.24, 2.45) is 5.92 Å². The minimum absolute atomic E-state index is 0.0406. The van der Waals surface area contributed by atoms with Crippen molar-refractivity contribution in [2.75, 3.05) is 37.0 Å². The van der Waals surface area contributed by atoms with Gasteiger partial charge in [-0.1, -0.05) is 18.2 Å². The van der Waals surface area contributed by atoms with Crippen LogP contribution in [0.3, 0.4) is 0 Å². The van der Waals surface area contributed by atoms with Gasteiger partial charge in [-0.15, -0.1) is 0 Å². The van der Waals surface area contributed by atoms with Gasteiger partial charge in [-0.2, -0.15) is 5.10 Å². The van der Waals surface area contributed by atoms with Crippen molar-refractivity contribution in [3.8, 4) is 16.9 Å². The number of carbonyl (C=O) groups excluding carboxylic acids is 1. The SMILES string of the molecule is Cc1nc2cccc3c2n1CC(CO)CN(C)C(=O)[C@@H]1C[C@@H](CN1c1ncnc2c1cnn2-c1ccc(F)cc1F)Nc1cccc-3n1. The summed E-state index contributed by atoms with van der Waals surface area (Å²) in [6, 6.07) is 14.2. The first-order valence-electron chi connectivity index (χ1n) is 15.8. The summed E-state index contributed by atoms with van der Waals surface area (Å²) in [6.07, 6.45) is 3.33. The highest BCUT2D eigenvalue weighted by molar-refractivity contribution is 5.93. The molecule has 4 aromatic heterocycles. The standard InChI is InChI=1S/C34H32F2N10O2/c1-19-40-27-7-3-5-23-26-6-4-8-30(42-26)41-22-12-29(34(48)43(2)14-20(17-47)15-44(19)31(23)27)45(16-22)32-24-13-39-46(33(24)38-18-37-32)28-10-9-21(35)11-25(28)36/h3-11,13,18,20,22,29,47H,12,14-17H2,1-2H3,(H,41,42)/t20?,22-,29-/m0/s1. The van der Waals surface area contributed by atoms with Crippen LogP contribution < -0.4 is 10.2 Å². The van der Waals surface area contributed by atoms with Gasteiger partial charge in [0, 0.05) is 56.9 Å². The lowest BCUT2D eigenvalue weighted by Gasteiger charge is -2.30. The lowest BCUT2D eigenvalue weighted by Crippen LogP contribution is -2.46. The predicted octanol–water partition coefficient (Wildman–Crippen LogP) is 3.95. The van der Waals surface area contributed by atoms with Gasteiger partial charge in [0.1, 0.15) is 41.3 Å². The van der Waals surface area contributed by atoms with E-state index in [0.717, 1.165) is 40.2 Å². The molecule has 14 heteroatoms. The topological polar surface area (TPSA) is 130 Å². The number of fused-ring (bicyclic) bond motifs is 6. The van der Waals surface area contributed by atoms with E-state index in [1.54, 1.807) is 11.9 Å². The average Bonchev–Trinajstić information content (AvgIpc) is 3.79. The fourth-order valence-electron chi connectivity index (χ4n) is 7.07. The highest BCUT2D eigenvalue weighted by atomic mass is 19.1. The van der Waals surface area contributed by atoms with Crippen LogP contribution in [0.4, 0.5) is 20.4 Å². The smallest absolute Gasteiger partial charge is 0.245 e. The number of halogens is 2.